The van der Waals surface area contributed by atoms with Gasteiger partial charge in [-0.25, -0.2) is 0 Å². The van der Waals surface area contributed by atoms with E-state index in [1.165, 1.54) is 0 Å². The number of halogens is 1. The van der Waals surface area contributed by atoms with Crippen LogP contribution in [0.2, 0.25) is 5.02 Å². The number of carbonyl (C=O) groups excluding carboxylic acids is 1. The third kappa shape index (κ3) is 3.67. The monoisotopic (exact) mass is 311 g/mol. The SMILES string of the molecule is CC1OCCC1N(C)C(C)C(=O)Nc1ccc(Cl)cc1N. The molecule has 5 nitrogen and oxygen atoms in total. The summed E-state index contributed by atoms with van der Waals surface area (Å²) in [6.07, 6.45) is 1.09. The third-order valence-electron chi connectivity index (χ3n) is 4.12. The van der Waals surface area contributed by atoms with E-state index in [0.717, 1.165) is 13.0 Å². The topological polar surface area (TPSA) is 67.6 Å². The molecule has 0 aliphatic carbocycles. The first-order valence-corrected chi connectivity index (χ1v) is 7.47. The lowest BCUT2D eigenvalue weighted by molar-refractivity contribution is -0.121. The van der Waals surface area contributed by atoms with Crippen LogP contribution in [0.5, 0.6) is 0 Å². The summed E-state index contributed by atoms with van der Waals surface area (Å²) in [4.78, 5) is 14.4. The number of nitrogen functional groups attached to an aromatic ring is 1. The van der Waals surface area contributed by atoms with Gasteiger partial charge in [-0.2, -0.15) is 0 Å². The fourth-order valence-corrected chi connectivity index (χ4v) is 2.79. The average Bonchev–Trinajstić information content (AvgIpc) is 2.86. The minimum Gasteiger partial charge on any atom is -0.397 e. The lowest BCUT2D eigenvalue weighted by Gasteiger charge is -2.31. The molecule has 116 valence electrons. The van der Waals surface area contributed by atoms with E-state index >= 15 is 0 Å². The van der Waals surface area contributed by atoms with Crippen LogP contribution in [0.25, 0.3) is 0 Å². The van der Waals surface area contributed by atoms with Gasteiger partial charge in [-0.05, 0) is 45.5 Å². The van der Waals surface area contributed by atoms with E-state index < -0.39 is 0 Å². The normalized spacial score (nSPS) is 23.3. The highest BCUT2D eigenvalue weighted by Crippen LogP contribution is 2.24. The molecular weight excluding hydrogens is 290 g/mol. The van der Waals surface area contributed by atoms with Crippen molar-refractivity contribution in [2.24, 2.45) is 0 Å². The van der Waals surface area contributed by atoms with Crippen LogP contribution in [0.1, 0.15) is 20.3 Å². The molecule has 0 saturated carbocycles. The molecular formula is C15H22ClN3O2. The summed E-state index contributed by atoms with van der Waals surface area (Å²) < 4.78 is 5.56. The average molecular weight is 312 g/mol. The standard InChI is InChI=1S/C15H22ClN3O2/c1-9(19(3)14-6-7-21-10(14)2)15(20)18-13-5-4-11(16)8-12(13)17/h4-5,8-10,14H,6-7,17H2,1-3H3,(H,18,20). The van der Waals surface area contributed by atoms with Crippen LogP contribution in [0.3, 0.4) is 0 Å². The summed E-state index contributed by atoms with van der Waals surface area (Å²) >= 11 is 5.85. The van der Waals surface area contributed by atoms with E-state index in [1.807, 2.05) is 20.9 Å². The van der Waals surface area contributed by atoms with Gasteiger partial charge in [0.2, 0.25) is 5.91 Å². The Balaban J connectivity index is 2.02. The van der Waals surface area contributed by atoms with Crippen molar-refractivity contribution in [3.8, 4) is 0 Å². The van der Waals surface area contributed by atoms with Crippen molar-refractivity contribution in [1.29, 1.82) is 0 Å². The van der Waals surface area contributed by atoms with Crippen LogP contribution < -0.4 is 11.1 Å². The third-order valence-corrected chi connectivity index (χ3v) is 4.36. The van der Waals surface area contributed by atoms with Gasteiger partial charge in [0.1, 0.15) is 0 Å². The van der Waals surface area contributed by atoms with Gasteiger partial charge >= 0.3 is 0 Å². The van der Waals surface area contributed by atoms with Gasteiger partial charge in [-0.15, -0.1) is 0 Å². The van der Waals surface area contributed by atoms with Crippen LogP contribution in [-0.4, -0.2) is 42.6 Å². The number of anilines is 2. The first kappa shape index (κ1) is 16.1. The molecule has 21 heavy (non-hydrogen) atoms. The zero-order chi connectivity index (χ0) is 15.6. The highest BCUT2D eigenvalue weighted by Gasteiger charge is 2.32. The van der Waals surface area contributed by atoms with Crippen molar-refractivity contribution in [3.63, 3.8) is 0 Å². The number of carbonyl (C=O) groups is 1. The van der Waals surface area contributed by atoms with E-state index in [-0.39, 0.29) is 24.1 Å². The second kappa shape index (κ2) is 6.64. The molecule has 3 atom stereocenters. The lowest BCUT2D eigenvalue weighted by Crippen LogP contribution is -2.47. The molecule has 1 amide bonds. The highest BCUT2D eigenvalue weighted by molar-refractivity contribution is 6.31. The fraction of sp³-hybridized carbons (Fsp3) is 0.533. The summed E-state index contributed by atoms with van der Waals surface area (Å²) in [5, 5.41) is 3.40. The zero-order valence-corrected chi connectivity index (χ0v) is 13.4. The van der Waals surface area contributed by atoms with Gasteiger partial charge in [0.15, 0.2) is 0 Å². The van der Waals surface area contributed by atoms with E-state index in [1.54, 1.807) is 18.2 Å². The maximum atomic E-state index is 12.4. The smallest absolute Gasteiger partial charge is 0.241 e. The predicted octanol–water partition coefficient (Wildman–Crippen LogP) is 2.36. The molecule has 1 fully saturated rings. The van der Waals surface area contributed by atoms with Crippen LogP contribution in [-0.2, 0) is 9.53 Å². The molecule has 1 aromatic rings. The number of nitrogens with one attached hydrogen (secondary N) is 1. The molecule has 1 aliphatic heterocycles. The zero-order valence-electron chi connectivity index (χ0n) is 12.6. The number of hydrogen-bond acceptors (Lipinski definition) is 4. The van der Waals surface area contributed by atoms with E-state index in [4.69, 9.17) is 22.1 Å². The van der Waals surface area contributed by atoms with Crippen LogP contribution >= 0.6 is 11.6 Å². The second-order valence-electron chi connectivity index (χ2n) is 5.49. The van der Waals surface area contributed by atoms with Crippen molar-refractivity contribution >= 4 is 28.9 Å². The summed E-state index contributed by atoms with van der Waals surface area (Å²) in [5.74, 6) is -0.0920. The number of amides is 1. The van der Waals surface area contributed by atoms with Crippen molar-refractivity contribution in [2.75, 3.05) is 24.7 Å². The van der Waals surface area contributed by atoms with Gasteiger partial charge < -0.3 is 15.8 Å². The van der Waals surface area contributed by atoms with Crippen LogP contribution in [0.4, 0.5) is 11.4 Å². The van der Waals surface area contributed by atoms with E-state index in [9.17, 15) is 4.79 Å². The number of hydrogen-bond donors (Lipinski definition) is 2. The summed E-state index contributed by atoms with van der Waals surface area (Å²) in [5.41, 5.74) is 6.90. The van der Waals surface area contributed by atoms with Gasteiger partial charge in [-0.3, -0.25) is 9.69 Å². The maximum absolute atomic E-state index is 12.4. The Morgan fingerprint density at radius 1 is 1.57 bits per heavy atom. The quantitative estimate of drug-likeness (QED) is 0.838. The number of nitrogens with two attached hydrogens (primary N) is 1. The Kier molecular flexibility index (Phi) is 5.08. The van der Waals surface area contributed by atoms with Gasteiger partial charge in [0, 0.05) is 17.7 Å². The number of ether oxygens (including phenoxy) is 1. The Labute approximate surface area is 130 Å². The molecule has 0 bridgehead atoms. The number of likely N-dealkylation sites (N-methyl/N-ethyl adjacent to an activating group) is 1. The van der Waals surface area contributed by atoms with Crippen LogP contribution in [0, 0.1) is 0 Å². The van der Waals surface area contributed by atoms with Crippen molar-refractivity contribution in [2.45, 2.75) is 38.5 Å². The molecule has 1 heterocycles. The van der Waals surface area contributed by atoms with E-state index in [2.05, 4.69) is 10.2 Å². The molecule has 0 radical (unpaired) electrons. The van der Waals surface area contributed by atoms with Gasteiger partial charge in [0.05, 0.1) is 23.5 Å². The first-order valence-electron chi connectivity index (χ1n) is 7.09. The van der Waals surface area contributed by atoms with E-state index in [0.29, 0.717) is 16.4 Å². The van der Waals surface area contributed by atoms with Crippen molar-refractivity contribution in [3.05, 3.63) is 23.2 Å². The van der Waals surface area contributed by atoms with Gasteiger partial charge in [0.25, 0.3) is 0 Å². The van der Waals surface area contributed by atoms with Gasteiger partial charge in [-0.1, -0.05) is 11.6 Å². The molecule has 1 saturated heterocycles. The molecule has 6 heteroatoms. The molecule has 1 aromatic carbocycles. The Hall–Kier alpha value is -1.30. The van der Waals surface area contributed by atoms with Crippen molar-refractivity contribution in [1.82, 2.24) is 4.90 Å². The summed E-state index contributed by atoms with van der Waals surface area (Å²) in [6, 6.07) is 5.03. The molecule has 0 aromatic heterocycles. The first-order chi connectivity index (χ1) is 9.90. The molecule has 2 rings (SSSR count). The number of rotatable bonds is 4. The molecule has 1 aliphatic rings. The molecule has 0 spiro atoms. The fourth-order valence-electron chi connectivity index (χ4n) is 2.61. The highest BCUT2D eigenvalue weighted by atomic mass is 35.5. The van der Waals surface area contributed by atoms with Crippen molar-refractivity contribution < 1.29 is 9.53 Å². The molecule has 3 N–H and O–H groups in total. The minimum absolute atomic E-state index is 0.0920. The Bertz CT molecular complexity index is 524. The second-order valence-corrected chi connectivity index (χ2v) is 5.93. The minimum atomic E-state index is -0.269. The predicted molar refractivity (Wildman–Crippen MR) is 85.5 cm³/mol. The largest absolute Gasteiger partial charge is 0.397 e. The number of benzene rings is 1. The summed E-state index contributed by atoms with van der Waals surface area (Å²) in [7, 11) is 1.95. The Morgan fingerprint density at radius 2 is 2.29 bits per heavy atom. The lowest BCUT2D eigenvalue weighted by atomic mass is 10.1. The Morgan fingerprint density at radius 3 is 2.86 bits per heavy atom. The summed E-state index contributed by atoms with van der Waals surface area (Å²) in [6.45, 7) is 4.66. The molecule has 3 unspecified atom stereocenters. The maximum Gasteiger partial charge on any atom is 0.241 e. The van der Waals surface area contributed by atoms with Crippen LogP contribution in [0.15, 0.2) is 18.2 Å². The number of nitrogens with zero attached hydrogens (tertiary/aromatic N) is 1.